The number of rotatable bonds is 5. The molecule has 1 saturated carbocycles. The molecule has 0 heterocycles. The number of halogens is 1. The minimum Gasteiger partial charge on any atom is -0.353 e. The molecule has 1 aliphatic carbocycles. The summed E-state index contributed by atoms with van der Waals surface area (Å²) in [6.45, 7) is 3.65. The lowest BCUT2D eigenvalue weighted by molar-refractivity contribution is -0.123. The van der Waals surface area contributed by atoms with Crippen molar-refractivity contribution in [1.82, 2.24) is 10.6 Å². The molecule has 2 N–H and O–H groups in total. The summed E-state index contributed by atoms with van der Waals surface area (Å²) in [4.78, 5) is 23.8. The third-order valence-electron chi connectivity index (χ3n) is 4.50. The molecule has 1 aliphatic rings. The largest absolute Gasteiger partial charge is 0.353 e. The van der Waals surface area contributed by atoms with E-state index in [4.69, 9.17) is 11.6 Å². The molecule has 1 fully saturated rings. The van der Waals surface area contributed by atoms with Gasteiger partial charge in [-0.3, -0.25) is 9.59 Å². The zero-order valence-electron chi connectivity index (χ0n) is 13.8. The van der Waals surface area contributed by atoms with Gasteiger partial charge in [0.05, 0.1) is 12.5 Å². The van der Waals surface area contributed by atoms with Crippen molar-refractivity contribution in [3.05, 3.63) is 34.9 Å². The van der Waals surface area contributed by atoms with Crippen LogP contribution in [-0.4, -0.2) is 17.9 Å². The van der Waals surface area contributed by atoms with Crippen LogP contribution in [0.3, 0.4) is 0 Å². The minimum absolute atomic E-state index is 0.0163. The highest BCUT2D eigenvalue weighted by atomic mass is 35.5. The summed E-state index contributed by atoms with van der Waals surface area (Å²) in [7, 11) is 0. The average molecular weight is 337 g/mol. The van der Waals surface area contributed by atoms with Crippen molar-refractivity contribution in [3.63, 3.8) is 0 Å². The normalized spacial score (nSPS) is 22.2. The SMILES string of the molecule is CC(=O)NC(CC(=O)NC1CCCCC1C)c1ccc(Cl)cc1. The molecule has 2 rings (SSSR count). The van der Waals surface area contributed by atoms with E-state index < -0.39 is 0 Å². The molecule has 3 atom stereocenters. The first-order valence-corrected chi connectivity index (χ1v) is 8.65. The van der Waals surface area contributed by atoms with Crippen molar-refractivity contribution < 1.29 is 9.59 Å². The maximum Gasteiger partial charge on any atom is 0.222 e. The Kier molecular flexibility index (Phi) is 6.46. The lowest BCUT2D eigenvalue weighted by Gasteiger charge is -2.30. The van der Waals surface area contributed by atoms with Gasteiger partial charge in [0.25, 0.3) is 0 Å². The molecule has 5 heteroatoms. The molecular formula is C18H25ClN2O2. The van der Waals surface area contributed by atoms with Crippen LogP contribution in [0.4, 0.5) is 0 Å². The second-order valence-electron chi connectivity index (χ2n) is 6.44. The van der Waals surface area contributed by atoms with E-state index in [2.05, 4.69) is 17.6 Å². The Morgan fingerprint density at radius 3 is 2.48 bits per heavy atom. The summed E-state index contributed by atoms with van der Waals surface area (Å²) in [5.41, 5.74) is 0.886. The molecule has 126 valence electrons. The van der Waals surface area contributed by atoms with E-state index >= 15 is 0 Å². The molecule has 0 aliphatic heterocycles. The molecule has 4 nitrogen and oxygen atoms in total. The number of hydrogen-bond acceptors (Lipinski definition) is 2. The van der Waals surface area contributed by atoms with Crippen LogP contribution in [0.15, 0.2) is 24.3 Å². The molecule has 0 bridgehead atoms. The van der Waals surface area contributed by atoms with E-state index in [1.165, 1.54) is 19.8 Å². The molecule has 1 aromatic rings. The topological polar surface area (TPSA) is 58.2 Å². The highest BCUT2D eigenvalue weighted by molar-refractivity contribution is 6.30. The standard InChI is InChI=1S/C18H25ClN2O2/c1-12-5-3-4-6-16(12)21-18(23)11-17(20-13(2)22)14-7-9-15(19)10-8-14/h7-10,12,16-17H,3-6,11H2,1-2H3,(H,20,22)(H,21,23). The fourth-order valence-corrected chi connectivity index (χ4v) is 3.30. The van der Waals surface area contributed by atoms with Gasteiger partial charge in [-0.2, -0.15) is 0 Å². The van der Waals surface area contributed by atoms with E-state index in [1.807, 2.05) is 12.1 Å². The van der Waals surface area contributed by atoms with Crippen LogP contribution in [0.2, 0.25) is 5.02 Å². The van der Waals surface area contributed by atoms with Gasteiger partial charge in [-0.25, -0.2) is 0 Å². The Bertz CT molecular complexity index is 544. The van der Waals surface area contributed by atoms with Gasteiger partial charge in [0.15, 0.2) is 0 Å². The minimum atomic E-state index is -0.330. The maximum absolute atomic E-state index is 12.4. The predicted octanol–water partition coefficient (Wildman–Crippen LogP) is 3.60. The van der Waals surface area contributed by atoms with Gasteiger partial charge >= 0.3 is 0 Å². The summed E-state index contributed by atoms with van der Waals surface area (Å²) >= 11 is 5.91. The Balaban J connectivity index is 2.00. The van der Waals surface area contributed by atoms with E-state index in [1.54, 1.807) is 12.1 Å². The number of nitrogens with one attached hydrogen (secondary N) is 2. The number of amides is 2. The van der Waals surface area contributed by atoms with Crippen molar-refractivity contribution in [3.8, 4) is 0 Å². The fraction of sp³-hybridized carbons (Fsp3) is 0.556. The molecule has 0 spiro atoms. The van der Waals surface area contributed by atoms with E-state index in [9.17, 15) is 9.59 Å². The lowest BCUT2D eigenvalue weighted by Crippen LogP contribution is -2.42. The van der Waals surface area contributed by atoms with Gasteiger partial charge in [0.1, 0.15) is 0 Å². The molecule has 0 saturated heterocycles. The van der Waals surface area contributed by atoms with Gasteiger partial charge in [-0.1, -0.05) is 43.5 Å². The van der Waals surface area contributed by atoms with Crippen molar-refractivity contribution >= 4 is 23.4 Å². The maximum atomic E-state index is 12.4. The summed E-state index contributed by atoms with van der Waals surface area (Å²) in [6, 6.07) is 7.15. The number of carbonyl (C=O) groups excluding carboxylic acids is 2. The number of benzene rings is 1. The van der Waals surface area contributed by atoms with Crippen molar-refractivity contribution in [2.24, 2.45) is 5.92 Å². The van der Waals surface area contributed by atoms with E-state index in [0.717, 1.165) is 18.4 Å². The summed E-state index contributed by atoms with van der Waals surface area (Å²) < 4.78 is 0. The Morgan fingerprint density at radius 2 is 1.87 bits per heavy atom. The summed E-state index contributed by atoms with van der Waals surface area (Å²) in [5, 5.41) is 6.62. The van der Waals surface area contributed by atoms with Crippen LogP contribution in [-0.2, 0) is 9.59 Å². The molecule has 1 aromatic carbocycles. The number of hydrogen-bond donors (Lipinski definition) is 2. The highest BCUT2D eigenvalue weighted by Gasteiger charge is 2.24. The first kappa shape index (κ1) is 17.8. The zero-order chi connectivity index (χ0) is 16.8. The van der Waals surface area contributed by atoms with Crippen LogP contribution in [0, 0.1) is 5.92 Å². The molecule has 0 aromatic heterocycles. The molecule has 3 unspecified atom stereocenters. The van der Waals surface area contributed by atoms with Crippen molar-refractivity contribution in [2.75, 3.05) is 0 Å². The first-order chi connectivity index (χ1) is 11.0. The third kappa shape index (κ3) is 5.54. The number of carbonyl (C=O) groups is 2. The van der Waals surface area contributed by atoms with E-state index in [0.29, 0.717) is 10.9 Å². The fourth-order valence-electron chi connectivity index (χ4n) is 3.17. The Hall–Kier alpha value is -1.55. The monoisotopic (exact) mass is 336 g/mol. The molecule has 23 heavy (non-hydrogen) atoms. The molecule has 0 radical (unpaired) electrons. The average Bonchev–Trinajstić information content (AvgIpc) is 2.49. The van der Waals surface area contributed by atoms with Crippen LogP contribution in [0.25, 0.3) is 0 Å². The predicted molar refractivity (Wildman–Crippen MR) is 92.2 cm³/mol. The van der Waals surface area contributed by atoms with Crippen LogP contribution >= 0.6 is 11.6 Å². The highest BCUT2D eigenvalue weighted by Crippen LogP contribution is 2.25. The van der Waals surface area contributed by atoms with Gasteiger partial charge in [-0.15, -0.1) is 0 Å². The van der Waals surface area contributed by atoms with Crippen LogP contribution in [0.5, 0.6) is 0 Å². The Labute approximate surface area is 143 Å². The van der Waals surface area contributed by atoms with Crippen LogP contribution in [0.1, 0.15) is 57.6 Å². The third-order valence-corrected chi connectivity index (χ3v) is 4.75. The second kappa shape index (κ2) is 8.34. The first-order valence-electron chi connectivity index (χ1n) is 8.27. The van der Waals surface area contributed by atoms with Crippen molar-refractivity contribution in [2.45, 2.75) is 58.0 Å². The zero-order valence-corrected chi connectivity index (χ0v) is 14.5. The van der Waals surface area contributed by atoms with Crippen molar-refractivity contribution in [1.29, 1.82) is 0 Å². The van der Waals surface area contributed by atoms with Gasteiger partial charge in [0, 0.05) is 18.0 Å². The Morgan fingerprint density at radius 1 is 1.22 bits per heavy atom. The summed E-state index contributed by atoms with van der Waals surface area (Å²) in [5.74, 6) is 0.351. The lowest BCUT2D eigenvalue weighted by atomic mass is 9.86. The molecule has 2 amide bonds. The van der Waals surface area contributed by atoms with Gasteiger partial charge < -0.3 is 10.6 Å². The second-order valence-corrected chi connectivity index (χ2v) is 6.88. The van der Waals surface area contributed by atoms with E-state index in [-0.39, 0.29) is 30.3 Å². The quantitative estimate of drug-likeness (QED) is 0.863. The van der Waals surface area contributed by atoms with Gasteiger partial charge in [-0.05, 0) is 36.5 Å². The van der Waals surface area contributed by atoms with Crippen LogP contribution < -0.4 is 10.6 Å². The smallest absolute Gasteiger partial charge is 0.222 e. The summed E-state index contributed by atoms with van der Waals surface area (Å²) in [6.07, 6.45) is 4.86. The van der Waals surface area contributed by atoms with Gasteiger partial charge in [0.2, 0.25) is 11.8 Å². The molecular weight excluding hydrogens is 312 g/mol.